The van der Waals surface area contributed by atoms with Gasteiger partial charge in [0.05, 0.1) is 191 Å². The standard InChI is InChI=1S/C92H84B32/c1-18-26-32-36-38-39-42-47-54-71-73-62(16)64(25-8)65(48-24-7)68(49-31-23-6)78(73)79-69(52-43-30-22-5)66(50-44-35-29-21-4)67(51-45-40-34-28-20-3)70(53-46-41-37-33-27-19-2)80(79)81(71)82-74-59(13)56(10)55(9)58(12)72(74)63(17)77-75(82)60(14)57(11)61(15)76(77)83-84-85(86(93)87(111-94)88(83)114(97)98)90(118(123(108)109)124(110)113-96)92(117(121(104)105)122(106)107)91(116(112-95)120(102)103)89(84)115(99)119(100)101/h1-2,4,6,8,57,60,89,91,111-113H,93-110H2,3,5,7,9-17H3. The summed E-state index contributed by atoms with van der Waals surface area (Å²) in [5.41, 5.74) is 28.3. The highest BCUT2D eigenvalue weighted by molar-refractivity contribution is 7.89. The highest BCUT2D eigenvalue weighted by Gasteiger charge is 2.53. The monoisotopic (exact) mass is 1540 g/mol. The Morgan fingerprint density at radius 1 is 0.339 bits per heavy atom. The van der Waals surface area contributed by atoms with Crippen LogP contribution in [0.25, 0.3) is 54.5 Å². The molecule has 0 amide bonds. The molecule has 0 fully saturated rings. The van der Waals surface area contributed by atoms with Crippen LogP contribution in [-0.4, -0.2) is 231 Å². The lowest BCUT2D eigenvalue weighted by Crippen LogP contribution is -2.65. The van der Waals surface area contributed by atoms with E-state index in [9.17, 15) is 0 Å². The van der Waals surface area contributed by atoms with Crippen LogP contribution >= 0.6 is 0 Å². The van der Waals surface area contributed by atoms with E-state index < -0.39 is 0 Å². The maximum atomic E-state index is 7.01. The van der Waals surface area contributed by atoms with Crippen molar-refractivity contribution in [2.75, 3.05) is 0 Å². The molecular formula is C92H84B32. The molecule has 0 saturated heterocycles. The fourth-order valence-electron chi connectivity index (χ4n) is 20.7. The molecular weight excluding hydrogens is 1450 g/mol. The topological polar surface area (TPSA) is 0 Å². The van der Waals surface area contributed by atoms with Gasteiger partial charge in [-0.1, -0.05) is 101 Å². The Hall–Kier alpha value is -11.6. The molecule has 0 N–H and O–H groups in total. The average molecular weight is 1540 g/mol. The number of terminal acetylenes is 5. The van der Waals surface area contributed by atoms with E-state index in [2.05, 4.69) is 414 Å². The molecule has 6 aromatic rings. The first-order chi connectivity index (χ1) is 59.3. The molecule has 0 aliphatic heterocycles. The summed E-state index contributed by atoms with van der Waals surface area (Å²) in [4.78, 5) is 0. The van der Waals surface area contributed by atoms with Crippen LogP contribution in [0, 0.1) is 299 Å². The SMILES string of the molecule is BBB(B)B(B(B)B)C1=C(B(B(B)B)B(B)B)C(B(BB)B(B)B)C(B(B)B(B)B)c2c1c(B)c(BB)c(B(B)B)c2C1=C(C)C(C)C(C)c2c1c(C)c1c(C)c(C)c(C)c(C)c1c2-c1c(C#CC#CC#CC#CC#C)c2c(C)c(C#C)c(C#CC)c(C#CC#C)c2c2c(C#CC#CC)c(C#CC#CC#C)c(C#CC#CC#CC)c(C#CC#CC#CC#C)c12. The highest BCUT2D eigenvalue weighted by Crippen LogP contribution is 2.60. The number of hydrogen-bond acceptors (Lipinski definition) is 0. The molecule has 548 valence electrons. The predicted molar refractivity (Wildman–Crippen MR) is 618 cm³/mol. The molecule has 124 heavy (non-hydrogen) atoms. The van der Waals surface area contributed by atoms with Gasteiger partial charge < -0.3 is 0 Å². The van der Waals surface area contributed by atoms with Crippen molar-refractivity contribution >= 4 is 291 Å². The fraction of sp³-hybridized carbons (Fsp3) is 0.174. The second-order valence-electron chi connectivity index (χ2n) is 35.0. The van der Waals surface area contributed by atoms with E-state index >= 15 is 0 Å². The van der Waals surface area contributed by atoms with Crippen LogP contribution in [0.15, 0.2) is 11.0 Å². The molecule has 32 heteroatoms. The minimum atomic E-state index is -0.220. The average Bonchev–Trinajstić information content (AvgIpc) is 0.676. The largest absolute Gasteiger partial charge is 0.139 e. The summed E-state index contributed by atoms with van der Waals surface area (Å²) in [7, 11) is 48.0. The van der Waals surface area contributed by atoms with Crippen LogP contribution < -0.4 is 16.4 Å². The van der Waals surface area contributed by atoms with Crippen molar-refractivity contribution < 1.29 is 0 Å². The van der Waals surface area contributed by atoms with E-state index in [1.54, 1.807) is 31.7 Å². The molecule has 0 nitrogen and oxygen atoms in total. The summed E-state index contributed by atoms with van der Waals surface area (Å²) >= 11 is 0. The summed E-state index contributed by atoms with van der Waals surface area (Å²) < 4.78 is 0. The fourth-order valence-corrected chi connectivity index (χ4v) is 20.7. The summed E-state index contributed by atoms with van der Waals surface area (Å²) in [6, 6.07) is 0. The maximum Gasteiger partial charge on any atom is 0.139 e. The van der Waals surface area contributed by atoms with Crippen molar-refractivity contribution in [2.45, 2.75) is 101 Å². The molecule has 8 rings (SSSR count). The molecule has 0 bridgehead atoms. The second kappa shape index (κ2) is 44.1. The predicted octanol–water partition coefficient (Wildman–Crippen LogP) is -11.1. The Bertz CT molecular complexity index is 7030. The van der Waals surface area contributed by atoms with E-state index in [1.807, 2.05) is 6.92 Å². The molecule has 0 aromatic heterocycles. The van der Waals surface area contributed by atoms with Crippen LogP contribution in [0.3, 0.4) is 0 Å². The highest BCUT2D eigenvalue weighted by atomic mass is 14.4. The summed E-state index contributed by atoms with van der Waals surface area (Å²) in [5, 5.41) is 4.42. The first-order valence-corrected chi connectivity index (χ1v) is 43.8. The normalized spacial score (nSPS) is 12.6. The lowest BCUT2D eigenvalue weighted by Gasteiger charge is -2.53. The van der Waals surface area contributed by atoms with Crippen molar-refractivity contribution in [1.29, 1.82) is 0 Å². The van der Waals surface area contributed by atoms with Crippen molar-refractivity contribution in [2.24, 2.45) is 5.92 Å². The van der Waals surface area contributed by atoms with Crippen LogP contribution in [0.5, 0.6) is 0 Å². The molecule has 6 aromatic carbocycles. The van der Waals surface area contributed by atoms with E-state index in [1.165, 1.54) is 60.9 Å². The number of benzene rings is 6. The van der Waals surface area contributed by atoms with Crippen molar-refractivity contribution in [1.82, 2.24) is 0 Å². The van der Waals surface area contributed by atoms with Gasteiger partial charge >= 0.3 is 0 Å². The van der Waals surface area contributed by atoms with Gasteiger partial charge in [0.1, 0.15) is 21.5 Å². The molecule has 2 aliphatic carbocycles. The third-order valence-corrected chi connectivity index (χ3v) is 26.6. The molecule has 0 radical (unpaired) electrons. The molecule has 4 atom stereocenters. The number of fused-ring (bicyclic) bond motifs is 6. The Kier molecular flexibility index (Phi) is 34.8. The Morgan fingerprint density at radius 2 is 0.774 bits per heavy atom. The van der Waals surface area contributed by atoms with E-state index in [0.717, 1.165) is 59.9 Å². The van der Waals surface area contributed by atoms with Crippen LogP contribution in [0.4, 0.5) is 0 Å². The van der Waals surface area contributed by atoms with Crippen LogP contribution in [0.2, 0.25) is 5.82 Å². The zero-order valence-corrected chi connectivity index (χ0v) is 79.2. The lowest BCUT2D eigenvalue weighted by molar-refractivity contribution is 0.553. The third kappa shape index (κ3) is 19.1. The van der Waals surface area contributed by atoms with Gasteiger partial charge in [-0.3, -0.25) is 0 Å². The minimum Gasteiger partial charge on any atom is -0.132 e. The van der Waals surface area contributed by atoms with Crippen molar-refractivity contribution in [3.8, 4) is 262 Å². The molecule has 4 unspecified atom stereocenters. The Balaban J connectivity index is 2.09. The lowest BCUT2D eigenvalue weighted by atomic mass is 8.66. The van der Waals surface area contributed by atoms with Gasteiger partial charge in [-0.2, -0.15) is 0 Å². The van der Waals surface area contributed by atoms with Gasteiger partial charge in [-0.25, -0.2) is 0 Å². The zero-order valence-electron chi connectivity index (χ0n) is 79.2. The van der Waals surface area contributed by atoms with Crippen LogP contribution in [-0.2, 0) is 0 Å². The van der Waals surface area contributed by atoms with Gasteiger partial charge in [0.15, 0.2) is 0 Å². The third-order valence-electron chi connectivity index (χ3n) is 26.6. The van der Waals surface area contributed by atoms with E-state index in [4.69, 9.17) is 32.1 Å². The van der Waals surface area contributed by atoms with E-state index in [-0.39, 0.29) is 43.0 Å². The van der Waals surface area contributed by atoms with Gasteiger partial charge in [0.2, 0.25) is 0 Å². The van der Waals surface area contributed by atoms with Gasteiger partial charge in [-0.15, -0.1) is 54.4 Å². The molecule has 0 spiro atoms. The number of hydrogen-bond donors (Lipinski definition) is 0. The number of rotatable bonds is 16. The minimum absolute atomic E-state index is 0.0704. The van der Waals surface area contributed by atoms with Crippen molar-refractivity contribution in [3.63, 3.8) is 0 Å². The number of aryl methyl sites for hydroxylation is 4. The quantitative estimate of drug-likeness (QED) is 0.0515. The van der Waals surface area contributed by atoms with Gasteiger partial charge in [0.25, 0.3) is 0 Å². The van der Waals surface area contributed by atoms with Crippen LogP contribution in [0.1, 0.15) is 159 Å². The van der Waals surface area contributed by atoms with Gasteiger partial charge in [-0.05, 0) is 318 Å². The molecule has 2 aliphatic rings. The summed E-state index contributed by atoms with van der Waals surface area (Å²) in [6.07, 6.45) is 32.6. The first kappa shape index (κ1) is 97.9. The van der Waals surface area contributed by atoms with E-state index in [0.29, 0.717) is 128 Å². The maximum absolute atomic E-state index is 7.01. The zero-order chi connectivity index (χ0) is 91.6. The molecule has 0 heterocycles. The number of allylic oxidation sites excluding steroid dienone is 2. The Morgan fingerprint density at radius 3 is 1.23 bits per heavy atom. The van der Waals surface area contributed by atoms with Crippen molar-refractivity contribution in [3.05, 3.63) is 117 Å². The second-order valence-corrected chi connectivity index (χ2v) is 35.0. The molecule has 0 saturated carbocycles. The smallest absolute Gasteiger partial charge is 0.132 e. The Labute approximate surface area is 770 Å². The van der Waals surface area contributed by atoms with Gasteiger partial charge in [0, 0.05) is 90.7 Å². The first-order valence-electron chi connectivity index (χ1n) is 43.8. The summed E-state index contributed by atoms with van der Waals surface area (Å²) in [6.45, 7) is 27.4. The summed E-state index contributed by atoms with van der Waals surface area (Å²) in [5.74, 6) is 113.